The molecule has 0 bridgehead atoms. The predicted molar refractivity (Wildman–Crippen MR) is 63.6 cm³/mol. The summed E-state index contributed by atoms with van der Waals surface area (Å²) in [6, 6.07) is 0.775. The Hall–Kier alpha value is -2.02. The van der Waals surface area contributed by atoms with Crippen molar-refractivity contribution in [2.24, 2.45) is 5.73 Å². The number of carbonyl (C=O) groups excluding carboxylic acids is 2. The molecule has 3 amide bonds. The molecule has 0 fully saturated rings. The second-order valence-corrected chi connectivity index (χ2v) is 3.55. The average molecular weight is 258 g/mol. The van der Waals surface area contributed by atoms with Crippen molar-refractivity contribution in [3.8, 4) is 0 Å². The van der Waals surface area contributed by atoms with Crippen LogP contribution in [0.4, 0.5) is 10.6 Å². The van der Waals surface area contributed by atoms with E-state index < -0.39 is 6.03 Å². The first-order chi connectivity index (χ1) is 8.00. The number of aromatic nitrogens is 1. The lowest BCUT2D eigenvalue weighted by molar-refractivity contribution is 0.0953. The number of nitrogen functional groups attached to an aromatic ring is 1. The molecule has 0 aliphatic rings. The van der Waals surface area contributed by atoms with Gasteiger partial charge in [-0.15, -0.1) is 0 Å². The van der Waals surface area contributed by atoms with Gasteiger partial charge in [-0.05, 0) is 6.07 Å². The molecule has 0 atom stereocenters. The number of nitrogens with two attached hydrogens (primary N) is 2. The number of pyridine rings is 1. The topological polar surface area (TPSA) is 123 Å². The Labute approximate surface area is 103 Å². The van der Waals surface area contributed by atoms with Crippen molar-refractivity contribution >= 4 is 29.4 Å². The zero-order chi connectivity index (χ0) is 12.8. The summed E-state index contributed by atoms with van der Waals surface area (Å²) < 4.78 is 0. The quantitative estimate of drug-likeness (QED) is 0.554. The van der Waals surface area contributed by atoms with Crippen LogP contribution in [0, 0.1) is 0 Å². The van der Waals surface area contributed by atoms with E-state index in [2.05, 4.69) is 15.6 Å². The highest BCUT2D eigenvalue weighted by Crippen LogP contribution is 2.16. The van der Waals surface area contributed by atoms with Crippen LogP contribution in [0.1, 0.15) is 10.4 Å². The number of halogens is 1. The number of nitrogens with zero attached hydrogens (tertiary/aromatic N) is 1. The third kappa shape index (κ3) is 4.15. The minimum atomic E-state index is -0.642. The van der Waals surface area contributed by atoms with E-state index in [9.17, 15) is 9.59 Å². The fourth-order valence-corrected chi connectivity index (χ4v) is 1.20. The molecule has 0 spiro atoms. The van der Waals surface area contributed by atoms with Gasteiger partial charge in [0.15, 0.2) is 0 Å². The Kier molecular flexibility index (Phi) is 4.53. The van der Waals surface area contributed by atoms with Crippen LogP contribution in [0.3, 0.4) is 0 Å². The SMILES string of the molecule is NC(=O)NCCNC(=O)c1cnc(N)c(Cl)c1. The number of hydrogen-bond donors (Lipinski definition) is 4. The molecule has 1 aromatic rings. The molecule has 17 heavy (non-hydrogen) atoms. The van der Waals surface area contributed by atoms with Crippen molar-refractivity contribution in [2.45, 2.75) is 0 Å². The monoisotopic (exact) mass is 257 g/mol. The Balaban J connectivity index is 2.47. The Bertz CT molecular complexity index is 437. The molecule has 0 aromatic carbocycles. The van der Waals surface area contributed by atoms with Gasteiger partial charge in [0.2, 0.25) is 0 Å². The number of primary amides is 1. The maximum Gasteiger partial charge on any atom is 0.312 e. The summed E-state index contributed by atoms with van der Waals surface area (Å²) in [5, 5.41) is 5.10. The van der Waals surface area contributed by atoms with Crippen molar-refractivity contribution in [2.75, 3.05) is 18.8 Å². The number of carbonyl (C=O) groups is 2. The first-order valence-corrected chi connectivity index (χ1v) is 5.11. The Morgan fingerprint density at radius 1 is 1.35 bits per heavy atom. The number of amides is 3. The standard InChI is InChI=1S/C9H12ClN5O2/c10-6-3-5(4-15-7(6)11)8(16)13-1-2-14-9(12)17/h3-4H,1-2H2,(H2,11,15)(H,13,16)(H3,12,14,17). The second-order valence-electron chi connectivity index (χ2n) is 3.14. The van der Waals surface area contributed by atoms with Crippen LogP contribution in [0.2, 0.25) is 5.02 Å². The summed E-state index contributed by atoms with van der Waals surface area (Å²) in [5.74, 6) is -0.190. The Morgan fingerprint density at radius 3 is 2.59 bits per heavy atom. The number of urea groups is 1. The van der Waals surface area contributed by atoms with Gasteiger partial charge in [0.25, 0.3) is 5.91 Å². The molecule has 0 unspecified atom stereocenters. The lowest BCUT2D eigenvalue weighted by atomic mass is 10.2. The number of anilines is 1. The summed E-state index contributed by atoms with van der Waals surface area (Å²) >= 11 is 5.72. The van der Waals surface area contributed by atoms with Gasteiger partial charge in [-0.1, -0.05) is 11.6 Å². The van der Waals surface area contributed by atoms with Gasteiger partial charge >= 0.3 is 6.03 Å². The van der Waals surface area contributed by atoms with Gasteiger partial charge in [-0.2, -0.15) is 0 Å². The molecular formula is C9H12ClN5O2. The van der Waals surface area contributed by atoms with Gasteiger partial charge in [-0.25, -0.2) is 9.78 Å². The average Bonchev–Trinajstić information content (AvgIpc) is 2.27. The highest BCUT2D eigenvalue weighted by atomic mass is 35.5. The summed E-state index contributed by atoms with van der Waals surface area (Å²) in [6.07, 6.45) is 1.32. The zero-order valence-corrected chi connectivity index (χ0v) is 9.62. The lowest BCUT2D eigenvalue weighted by Gasteiger charge is -2.06. The van der Waals surface area contributed by atoms with Crippen molar-refractivity contribution in [3.05, 3.63) is 22.8 Å². The number of rotatable bonds is 4. The molecule has 0 aliphatic heterocycles. The van der Waals surface area contributed by atoms with Gasteiger partial charge in [0.05, 0.1) is 10.6 Å². The molecule has 92 valence electrons. The highest BCUT2D eigenvalue weighted by Gasteiger charge is 2.07. The van der Waals surface area contributed by atoms with Crippen LogP contribution >= 0.6 is 11.6 Å². The predicted octanol–water partition coefficient (Wildman–Crippen LogP) is -0.285. The van der Waals surface area contributed by atoms with Crippen molar-refractivity contribution in [1.82, 2.24) is 15.6 Å². The fraction of sp³-hybridized carbons (Fsp3) is 0.222. The number of hydrogen-bond acceptors (Lipinski definition) is 4. The van der Waals surface area contributed by atoms with E-state index in [0.29, 0.717) is 5.56 Å². The van der Waals surface area contributed by atoms with Crippen LogP contribution in [0.25, 0.3) is 0 Å². The third-order valence-electron chi connectivity index (χ3n) is 1.84. The summed E-state index contributed by atoms with van der Waals surface area (Å²) in [6.45, 7) is 0.501. The van der Waals surface area contributed by atoms with Crippen LogP contribution in [0.5, 0.6) is 0 Å². The van der Waals surface area contributed by atoms with E-state index in [1.165, 1.54) is 12.3 Å². The summed E-state index contributed by atoms with van der Waals surface area (Å²) in [4.78, 5) is 25.7. The minimum Gasteiger partial charge on any atom is -0.382 e. The van der Waals surface area contributed by atoms with Crippen LogP contribution in [0.15, 0.2) is 12.3 Å². The molecular weight excluding hydrogens is 246 g/mol. The molecule has 1 heterocycles. The zero-order valence-electron chi connectivity index (χ0n) is 8.87. The van der Waals surface area contributed by atoms with Crippen molar-refractivity contribution in [1.29, 1.82) is 0 Å². The van der Waals surface area contributed by atoms with E-state index >= 15 is 0 Å². The molecule has 8 heteroatoms. The van der Waals surface area contributed by atoms with Crippen LogP contribution < -0.4 is 22.1 Å². The van der Waals surface area contributed by atoms with E-state index in [4.69, 9.17) is 23.1 Å². The molecule has 0 saturated heterocycles. The maximum absolute atomic E-state index is 11.6. The number of nitrogens with one attached hydrogen (secondary N) is 2. The van der Waals surface area contributed by atoms with E-state index in [-0.39, 0.29) is 29.8 Å². The Morgan fingerprint density at radius 2 is 2.00 bits per heavy atom. The third-order valence-corrected chi connectivity index (χ3v) is 2.14. The van der Waals surface area contributed by atoms with E-state index in [1.54, 1.807) is 0 Å². The van der Waals surface area contributed by atoms with Crippen LogP contribution in [-0.2, 0) is 0 Å². The summed E-state index contributed by atoms with van der Waals surface area (Å²) in [5.41, 5.74) is 10.6. The molecule has 0 aliphatic carbocycles. The normalized spacial score (nSPS) is 9.71. The van der Waals surface area contributed by atoms with Gasteiger partial charge in [-0.3, -0.25) is 4.79 Å². The largest absolute Gasteiger partial charge is 0.382 e. The molecule has 1 aromatic heterocycles. The minimum absolute atomic E-state index is 0.165. The molecule has 0 radical (unpaired) electrons. The van der Waals surface area contributed by atoms with Crippen LogP contribution in [-0.4, -0.2) is 30.0 Å². The second kappa shape index (κ2) is 5.90. The first kappa shape index (κ1) is 13.0. The molecule has 7 nitrogen and oxygen atoms in total. The van der Waals surface area contributed by atoms with E-state index in [1.807, 2.05) is 0 Å². The highest BCUT2D eigenvalue weighted by molar-refractivity contribution is 6.33. The smallest absolute Gasteiger partial charge is 0.312 e. The molecule has 6 N–H and O–H groups in total. The first-order valence-electron chi connectivity index (χ1n) is 4.73. The van der Waals surface area contributed by atoms with E-state index in [0.717, 1.165) is 0 Å². The van der Waals surface area contributed by atoms with Crippen molar-refractivity contribution < 1.29 is 9.59 Å². The van der Waals surface area contributed by atoms with Gasteiger partial charge < -0.3 is 22.1 Å². The van der Waals surface area contributed by atoms with Crippen molar-refractivity contribution in [3.63, 3.8) is 0 Å². The summed E-state index contributed by atoms with van der Waals surface area (Å²) in [7, 11) is 0. The molecule has 1 rings (SSSR count). The maximum atomic E-state index is 11.6. The lowest BCUT2D eigenvalue weighted by Crippen LogP contribution is -2.37. The van der Waals surface area contributed by atoms with Gasteiger partial charge in [0.1, 0.15) is 5.82 Å². The fourth-order valence-electron chi connectivity index (χ4n) is 1.04. The molecule has 0 saturated carbocycles. The van der Waals surface area contributed by atoms with Gasteiger partial charge in [0, 0.05) is 19.3 Å².